The summed E-state index contributed by atoms with van der Waals surface area (Å²) in [4.78, 5) is 24.4. The topological polar surface area (TPSA) is 102 Å². The zero-order chi connectivity index (χ0) is 17.5. The van der Waals surface area contributed by atoms with Crippen molar-refractivity contribution in [2.75, 3.05) is 6.61 Å². The van der Waals surface area contributed by atoms with Crippen LogP contribution in [0.5, 0.6) is 0 Å². The van der Waals surface area contributed by atoms with Crippen LogP contribution in [0.3, 0.4) is 0 Å². The molecule has 1 fully saturated rings. The van der Waals surface area contributed by atoms with Crippen molar-refractivity contribution < 1.29 is 22.7 Å². The number of alkyl carbamates (subject to hydrolysis) is 1. The van der Waals surface area contributed by atoms with Gasteiger partial charge in [0.25, 0.3) is 5.91 Å². The number of amides is 2. The number of nitrogens with one attached hydrogen (secondary N) is 2. The second-order valence-corrected chi connectivity index (χ2v) is 7.47. The number of carbonyl (C=O) groups is 2. The van der Waals surface area contributed by atoms with Gasteiger partial charge in [0.15, 0.2) is 0 Å². The first kappa shape index (κ1) is 19.2. The Labute approximate surface area is 137 Å². The van der Waals surface area contributed by atoms with Gasteiger partial charge in [-0.05, 0) is 25.7 Å². The Morgan fingerprint density at radius 1 is 1.30 bits per heavy atom. The molecule has 23 heavy (non-hydrogen) atoms. The molecule has 1 rings (SSSR count). The SMILES string of the molecule is C=CCOC(=O)NC(CC=C)(CCC)C(=O)NS(=O)(=O)C1CC1. The van der Waals surface area contributed by atoms with Crippen molar-refractivity contribution in [3.63, 3.8) is 0 Å². The molecule has 0 aromatic heterocycles. The van der Waals surface area contributed by atoms with Gasteiger partial charge in [-0.15, -0.1) is 6.58 Å². The molecule has 7 nitrogen and oxygen atoms in total. The predicted octanol–water partition coefficient (Wildman–Crippen LogP) is 1.62. The van der Waals surface area contributed by atoms with Gasteiger partial charge in [-0.2, -0.15) is 0 Å². The molecule has 1 aliphatic carbocycles. The van der Waals surface area contributed by atoms with Gasteiger partial charge in [-0.3, -0.25) is 9.52 Å². The van der Waals surface area contributed by atoms with Gasteiger partial charge >= 0.3 is 6.09 Å². The Morgan fingerprint density at radius 2 is 1.96 bits per heavy atom. The fourth-order valence-electron chi connectivity index (χ4n) is 2.21. The molecule has 8 heteroatoms. The number of ether oxygens (including phenoxy) is 1. The van der Waals surface area contributed by atoms with Crippen molar-refractivity contribution in [3.05, 3.63) is 25.3 Å². The molecule has 0 heterocycles. The van der Waals surface area contributed by atoms with Crippen LogP contribution in [-0.4, -0.2) is 37.8 Å². The monoisotopic (exact) mass is 344 g/mol. The van der Waals surface area contributed by atoms with Crippen molar-refractivity contribution in [3.8, 4) is 0 Å². The fraction of sp³-hybridized carbons (Fsp3) is 0.600. The Bertz CT molecular complexity index is 568. The van der Waals surface area contributed by atoms with E-state index in [1.807, 2.05) is 6.92 Å². The molecule has 0 aromatic carbocycles. The molecule has 0 aliphatic heterocycles. The number of hydrogen-bond acceptors (Lipinski definition) is 5. The van der Waals surface area contributed by atoms with Crippen LogP contribution in [0.4, 0.5) is 4.79 Å². The highest BCUT2D eigenvalue weighted by Gasteiger charge is 2.44. The highest BCUT2D eigenvalue weighted by molar-refractivity contribution is 7.90. The first-order valence-corrected chi connectivity index (χ1v) is 9.08. The van der Waals surface area contributed by atoms with E-state index >= 15 is 0 Å². The minimum absolute atomic E-state index is 0.00980. The lowest BCUT2D eigenvalue weighted by Crippen LogP contribution is -2.59. The summed E-state index contributed by atoms with van der Waals surface area (Å²) < 4.78 is 30.9. The van der Waals surface area contributed by atoms with Crippen LogP contribution in [-0.2, 0) is 19.6 Å². The zero-order valence-corrected chi connectivity index (χ0v) is 14.2. The van der Waals surface area contributed by atoms with Crippen LogP contribution < -0.4 is 10.0 Å². The van der Waals surface area contributed by atoms with Gasteiger partial charge in [0.1, 0.15) is 12.1 Å². The van der Waals surface area contributed by atoms with Crippen LogP contribution in [0.2, 0.25) is 0 Å². The fourth-order valence-corrected chi connectivity index (χ4v) is 3.58. The summed E-state index contributed by atoms with van der Waals surface area (Å²) in [5.41, 5.74) is -1.41. The smallest absolute Gasteiger partial charge is 0.408 e. The zero-order valence-electron chi connectivity index (χ0n) is 13.3. The van der Waals surface area contributed by atoms with Crippen LogP contribution in [0.15, 0.2) is 25.3 Å². The number of rotatable bonds is 10. The second kappa shape index (κ2) is 8.14. The highest BCUT2D eigenvalue weighted by atomic mass is 32.2. The van der Waals surface area contributed by atoms with Crippen molar-refractivity contribution in [2.24, 2.45) is 0 Å². The summed E-state index contributed by atoms with van der Waals surface area (Å²) in [6, 6.07) is 0. The molecular weight excluding hydrogens is 320 g/mol. The molecule has 2 N–H and O–H groups in total. The average Bonchev–Trinajstić information content (AvgIpc) is 3.30. The molecule has 0 bridgehead atoms. The molecule has 1 aliphatic rings. The van der Waals surface area contributed by atoms with E-state index in [-0.39, 0.29) is 19.4 Å². The summed E-state index contributed by atoms with van der Waals surface area (Å²) >= 11 is 0. The van der Waals surface area contributed by atoms with Gasteiger partial charge in [-0.25, -0.2) is 13.2 Å². The van der Waals surface area contributed by atoms with Crippen LogP contribution >= 0.6 is 0 Å². The maximum absolute atomic E-state index is 12.6. The van der Waals surface area contributed by atoms with Gasteiger partial charge in [0.05, 0.1) is 5.25 Å². The minimum Gasteiger partial charge on any atom is -0.445 e. The van der Waals surface area contributed by atoms with E-state index in [0.29, 0.717) is 19.3 Å². The molecule has 0 spiro atoms. The Morgan fingerprint density at radius 3 is 2.43 bits per heavy atom. The Hall–Kier alpha value is -1.83. The van der Waals surface area contributed by atoms with Gasteiger partial charge in [-0.1, -0.05) is 32.1 Å². The third-order valence-electron chi connectivity index (χ3n) is 3.48. The molecule has 2 amide bonds. The van der Waals surface area contributed by atoms with Gasteiger partial charge in [0, 0.05) is 0 Å². The lowest BCUT2D eigenvalue weighted by atomic mass is 9.89. The number of carbonyl (C=O) groups excluding carboxylic acids is 2. The second-order valence-electron chi connectivity index (χ2n) is 5.51. The summed E-state index contributed by atoms with van der Waals surface area (Å²) in [6.45, 7) is 8.84. The summed E-state index contributed by atoms with van der Waals surface area (Å²) in [7, 11) is -3.70. The Balaban J connectivity index is 2.95. The van der Waals surface area contributed by atoms with E-state index in [1.54, 1.807) is 0 Å². The predicted molar refractivity (Wildman–Crippen MR) is 87.2 cm³/mol. The average molecular weight is 344 g/mol. The summed E-state index contributed by atoms with van der Waals surface area (Å²) in [6.07, 6.45) is 4.05. The first-order valence-electron chi connectivity index (χ1n) is 7.54. The first-order chi connectivity index (χ1) is 10.8. The van der Waals surface area contributed by atoms with Gasteiger partial charge < -0.3 is 10.1 Å². The molecule has 1 atom stereocenters. The number of hydrogen-bond donors (Lipinski definition) is 2. The van der Waals surface area contributed by atoms with Crippen molar-refractivity contribution >= 4 is 22.0 Å². The highest BCUT2D eigenvalue weighted by Crippen LogP contribution is 2.28. The molecule has 130 valence electrons. The maximum atomic E-state index is 12.6. The van der Waals surface area contributed by atoms with E-state index < -0.39 is 32.8 Å². The lowest BCUT2D eigenvalue weighted by Gasteiger charge is -2.31. The molecule has 0 radical (unpaired) electrons. The van der Waals surface area contributed by atoms with Crippen molar-refractivity contribution in [1.82, 2.24) is 10.0 Å². The third-order valence-corrected chi connectivity index (χ3v) is 5.29. The Kier molecular flexibility index (Phi) is 6.80. The van der Waals surface area contributed by atoms with Crippen LogP contribution in [0.1, 0.15) is 39.0 Å². The molecule has 1 unspecified atom stereocenters. The third kappa shape index (κ3) is 5.38. The summed E-state index contributed by atoms with van der Waals surface area (Å²) in [5, 5.41) is 1.97. The molecule has 0 aromatic rings. The van der Waals surface area contributed by atoms with E-state index in [9.17, 15) is 18.0 Å². The standard InChI is InChI=1S/C15H24N2O5S/c1-4-9-15(10-5-2,16-14(19)22-11-6-3)13(18)17-23(20,21)12-7-8-12/h4,6,12H,1,3,5,7-11H2,2H3,(H,16,19)(H,17,18). The normalized spacial score (nSPS) is 16.7. The maximum Gasteiger partial charge on any atom is 0.408 e. The van der Waals surface area contributed by atoms with E-state index in [0.717, 1.165) is 0 Å². The van der Waals surface area contributed by atoms with Crippen molar-refractivity contribution in [1.29, 1.82) is 0 Å². The molecular formula is C15H24N2O5S. The molecule has 0 saturated heterocycles. The number of sulfonamides is 1. The lowest BCUT2D eigenvalue weighted by molar-refractivity contribution is -0.126. The quantitative estimate of drug-likeness (QED) is 0.586. The van der Waals surface area contributed by atoms with Crippen LogP contribution in [0.25, 0.3) is 0 Å². The van der Waals surface area contributed by atoms with E-state index in [1.165, 1.54) is 12.2 Å². The van der Waals surface area contributed by atoms with Gasteiger partial charge in [0.2, 0.25) is 10.0 Å². The summed E-state index contributed by atoms with van der Waals surface area (Å²) in [5.74, 6) is -0.762. The minimum atomic E-state index is -3.70. The molecule has 1 saturated carbocycles. The van der Waals surface area contributed by atoms with E-state index in [4.69, 9.17) is 4.74 Å². The van der Waals surface area contributed by atoms with E-state index in [2.05, 4.69) is 23.2 Å². The van der Waals surface area contributed by atoms with Crippen molar-refractivity contribution in [2.45, 2.75) is 49.8 Å². The van der Waals surface area contributed by atoms with Crippen LogP contribution in [0, 0.1) is 0 Å². The largest absolute Gasteiger partial charge is 0.445 e.